The summed E-state index contributed by atoms with van der Waals surface area (Å²) in [6.07, 6.45) is 3.60. The van der Waals surface area contributed by atoms with E-state index < -0.39 is 5.97 Å². The Hall–Kier alpha value is -3.45. The average molecular weight is 397 g/mol. The number of ether oxygens (including phenoxy) is 2. The summed E-state index contributed by atoms with van der Waals surface area (Å²) in [7, 11) is 0. The summed E-state index contributed by atoms with van der Waals surface area (Å²) in [6, 6.07) is 11.5. The summed E-state index contributed by atoms with van der Waals surface area (Å²) < 4.78 is 15.9. The van der Waals surface area contributed by atoms with Crippen molar-refractivity contribution in [3.63, 3.8) is 0 Å². The lowest BCUT2D eigenvalue weighted by molar-refractivity contribution is -0.134. The van der Waals surface area contributed by atoms with E-state index in [1.807, 2.05) is 6.07 Å². The summed E-state index contributed by atoms with van der Waals surface area (Å²) in [5, 5.41) is 3.78. The van der Waals surface area contributed by atoms with Crippen LogP contribution in [0.1, 0.15) is 28.2 Å². The van der Waals surface area contributed by atoms with Gasteiger partial charge in [0.15, 0.2) is 10.9 Å². The van der Waals surface area contributed by atoms with Crippen molar-refractivity contribution in [1.29, 1.82) is 0 Å². The third kappa shape index (κ3) is 3.94. The third-order valence-corrected chi connectivity index (χ3v) is 4.12. The normalized spacial score (nSPS) is 14.0. The number of carbonyl (C=O) groups excluding carboxylic acids is 2. The Kier molecular flexibility index (Phi) is 4.90. The van der Waals surface area contributed by atoms with E-state index in [4.69, 9.17) is 25.6 Å². The van der Waals surface area contributed by atoms with Crippen LogP contribution in [0.2, 0.25) is 5.15 Å². The molecule has 2 aromatic heterocycles. The largest absolute Gasteiger partial charge is 0.452 e. The van der Waals surface area contributed by atoms with E-state index in [0.717, 1.165) is 0 Å². The molecule has 0 saturated carbocycles. The van der Waals surface area contributed by atoms with Crippen LogP contribution in [0, 0.1) is 0 Å². The molecular weight excluding hydrogens is 384 g/mol. The van der Waals surface area contributed by atoms with Crippen LogP contribution < -0.4 is 9.47 Å². The summed E-state index contributed by atoms with van der Waals surface area (Å²) in [5.74, 6) is 0.570. The first-order valence-electron chi connectivity index (χ1n) is 8.39. The van der Waals surface area contributed by atoms with Crippen LogP contribution in [0.25, 0.3) is 6.08 Å². The van der Waals surface area contributed by atoms with Crippen LogP contribution >= 0.6 is 11.6 Å². The van der Waals surface area contributed by atoms with Crippen molar-refractivity contribution in [3.8, 4) is 11.5 Å². The van der Waals surface area contributed by atoms with Gasteiger partial charge in [-0.05, 0) is 24.3 Å². The number of benzene rings is 1. The van der Waals surface area contributed by atoms with E-state index in [9.17, 15) is 9.59 Å². The molecule has 0 fully saturated rings. The number of carbonyl (C=O) groups is 2. The second-order valence-corrected chi connectivity index (χ2v) is 6.33. The van der Waals surface area contributed by atoms with Gasteiger partial charge in [0, 0.05) is 30.8 Å². The number of nitrogens with zero attached hydrogens (tertiary/aromatic N) is 2. The lowest BCUT2D eigenvalue weighted by Gasteiger charge is -2.05. The molecule has 0 bridgehead atoms. The minimum atomic E-state index is -0.457. The SMILES string of the molecule is O=C(CCc1cc(Cl)no1)Oc1ccc2c(c1)O/C(=C\c1ccccn1)C2=O. The Labute approximate surface area is 164 Å². The molecule has 0 amide bonds. The van der Waals surface area contributed by atoms with Crippen molar-refractivity contribution >= 4 is 29.4 Å². The van der Waals surface area contributed by atoms with Gasteiger partial charge < -0.3 is 14.0 Å². The lowest BCUT2D eigenvalue weighted by Crippen LogP contribution is -2.08. The number of fused-ring (bicyclic) bond motifs is 1. The quantitative estimate of drug-likeness (QED) is 0.367. The number of hydrogen-bond acceptors (Lipinski definition) is 7. The molecule has 1 aliphatic heterocycles. The maximum atomic E-state index is 12.4. The van der Waals surface area contributed by atoms with Crippen molar-refractivity contribution in [2.45, 2.75) is 12.8 Å². The number of ketones is 1. The molecule has 8 heteroatoms. The Morgan fingerprint density at radius 3 is 2.86 bits per heavy atom. The maximum absolute atomic E-state index is 12.4. The molecular formula is C20H13ClN2O5. The molecule has 1 aliphatic rings. The fraction of sp³-hybridized carbons (Fsp3) is 0.100. The van der Waals surface area contributed by atoms with Gasteiger partial charge in [-0.3, -0.25) is 14.6 Å². The van der Waals surface area contributed by atoms with E-state index in [2.05, 4.69) is 10.1 Å². The number of hydrogen-bond donors (Lipinski definition) is 0. The highest BCUT2D eigenvalue weighted by Gasteiger charge is 2.28. The molecule has 0 spiro atoms. The minimum absolute atomic E-state index is 0.0905. The first-order valence-corrected chi connectivity index (χ1v) is 8.77. The number of allylic oxidation sites excluding steroid dienone is 1. The van der Waals surface area contributed by atoms with Crippen LogP contribution in [-0.4, -0.2) is 21.9 Å². The molecule has 0 N–H and O–H groups in total. The Morgan fingerprint density at radius 2 is 2.11 bits per heavy atom. The second-order valence-electron chi connectivity index (χ2n) is 5.94. The van der Waals surface area contributed by atoms with E-state index in [1.165, 1.54) is 6.07 Å². The van der Waals surface area contributed by atoms with Crippen molar-refractivity contribution in [3.05, 3.63) is 76.6 Å². The maximum Gasteiger partial charge on any atom is 0.311 e. The summed E-state index contributed by atoms with van der Waals surface area (Å²) >= 11 is 5.66. The van der Waals surface area contributed by atoms with Crippen molar-refractivity contribution in [1.82, 2.24) is 10.1 Å². The van der Waals surface area contributed by atoms with Crippen LogP contribution in [-0.2, 0) is 11.2 Å². The van der Waals surface area contributed by atoms with E-state index >= 15 is 0 Å². The zero-order chi connectivity index (χ0) is 19.5. The third-order valence-electron chi connectivity index (χ3n) is 3.95. The number of aryl methyl sites for hydroxylation is 1. The molecule has 7 nitrogen and oxygen atoms in total. The van der Waals surface area contributed by atoms with Crippen LogP contribution in [0.3, 0.4) is 0 Å². The number of halogens is 1. The molecule has 4 rings (SSSR count). The Balaban J connectivity index is 1.42. The van der Waals surface area contributed by atoms with Gasteiger partial charge in [-0.25, -0.2) is 0 Å². The van der Waals surface area contributed by atoms with Gasteiger partial charge in [-0.15, -0.1) is 0 Å². The Morgan fingerprint density at radius 1 is 1.21 bits per heavy atom. The topological polar surface area (TPSA) is 91.5 Å². The number of Topliss-reactive ketones (excluding diaryl/α,β-unsaturated/α-hetero) is 1. The average Bonchev–Trinajstić information content (AvgIpc) is 3.24. The second kappa shape index (κ2) is 7.66. The summed E-state index contributed by atoms with van der Waals surface area (Å²) in [6.45, 7) is 0. The zero-order valence-corrected chi connectivity index (χ0v) is 15.2. The molecule has 0 unspecified atom stereocenters. The molecule has 140 valence electrons. The van der Waals surface area contributed by atoms with Gasteiger partial charge in [0.1, 0.15) is 17.3 Å². The minimum Gasteiger partial charge on any atom is -0.452 e. The molecule has 3 aromatic rings. The van der Waals surface area contributed by atoms with Gasteiger partial charge in [0.2, 0.25) is 5.78 Å². The predicted molar refractivity (Wildman–Crippen MR) is 99.1 cm³/mol. The standard InChI is InChI=1S/C20H13ClN2O5/c21-18-11-14(28-23-18)5-7-19(24)26-13-4-6-15-16(10-13)27-17(20(15)25)9-12-3-1-2-8-22-12/h1-4,6,8-11H,5,7H2/b17-9-. The monoisotopic (exact) mass is 396 g/mol. The summed E-state index contributed by atoms with van der Waals surface area (Å²) in [4.78, 5) is 28.6. The van der Waals surface area contributed by atoms with E-state index in [1.54, 1.807) is 42.6 Å². The highest BCUT2D eigenvalue weighted by molar-refractivity contribution is 6.29. The highest BCUT2D eigenvalue weighted by Crippen LogP contribution is 2.34. The predicted octanol–water partition coefficient (Wildman–Crippen LogP) is 3.88. The van der Waals surface area contributed by atoms with Gasteiger partial charge in [-0.1, -0.05) is 22.8 Å². The van der Waals surface area contributed by atoms with E-state index in [-0.39, 0.29) is 28.9 Å². The smallest absolute Gasteiger partial charge is 0.311 e. The van der Waals surface area contributed by atoms with Crippen LogP contribution in [0.15, 0.2) is 58.9 Å². The first kappa shape index (κ1) is 17.9. The van der Waals surface area contributed by atoms with Gasteiger partial charge >= 0.3 is 5.97 Å². The van der Waals surface area contributed by atoms with Crippen molar-refractivity contribution < 1.29 is 23.6 Å². The van der Waals surface area contributed by atoms with E-state index in [0.29, 0.717) is 29.2 Å². The number of esters is 1. The lowest BCUT2D eigenvalue weighted by atomic mass is 10.1. The molecule has 3 heterocycles. The first-order chi connectivity index (χ1) is 13.6. The molecule has 0 aliphatic carbocycles. The molecule has 28 heavy (non-hydrogen) atoms. The van der Waals surface area contributed by atoms with Crippen molar-refractivity contribution in [2.24, 2.45) is 0 Å². The van der Waals surface area contributed by atoms with Gasteiger partial charge in [-0.2, -0.15) is 0 Å². The molecule has 0 radical (unpaired) electrons. The molecule has 0 saturated heterocycles. The number of aromatic nitrogens is 2. The molecule has 1 aromatic carbocycles. The summed E-state index contributed by atoms with van der Waals surface area (Å²) in [5.41, 5.74) is 1.01. The number of pyridine rings is 1. The highest BCUT2D eigenvalue weighted by atomic mass is 35.5. The zero-order valence-electron chi connectivity index (χ0n) is 14.4. The molecule has 0 atom stereocenters. The van der Waals surface area contributed by atoms with Crippen LogP contribution in [0.5, 0.6) is 11.5 Å². The Bertz CT molecular complexity index is 1080. The van der Waals surface area contributed by atoms with Gasteiger partial charge in [0.25, 0.3) is 0 Å². The number of rotatable bonds is 5. The fourth-order valence-corrected chi connectivity index (χ4v) is 2.80. The van der Waals surface area contributed by atoms with Gasteiger partial charge in [0.05, 0.1) is 17.7 Å². The fourth-order valence-electron chi connectivity index (χ4n) is 2.64. The van der Waals surface area contributed by atoms with Crippen molar-refractivity contribution in [2.75, 3.05) is 0 Å². The van der Waals surface area contributed by atoms with Crippen LogP contribution in [0.4, 0.5) is 0 Å².